The van der Waals surface area contributed by atoms with Crippen LogP contribution in [0.3, 0.4) is 0 Å². The fraction of sp³-hybridized carbons (Fsp3) is 0.500. The summed E-state index contributed by atoms with van der Waals surface area (Å²) >= 11 is 12.0. The van der Waals surface area contributed by atoms with Gasteiger partial charge in [0, 0.05) is 38.2 Å². The van der Waals surface area contributed by atoms with Crippen LogP contribution in [0.15, 0.2) is 18.2 Å². The Bertz CT molecular complexity index is 592. The Kier molecular flexibility index (Phi) is 4.81. The standard InChI is InChI=1S/C12H17Cl2N3O2S/c1-16(2)20(18,19)15-10-5-6-17(8-10)12-4-3-9(13)7-11(12)14/h3-4,7,10,15H,5-6,8H2,1-2H3/t10-/m1/s1. The van der Waals surface area contributed by atoms with Gasteiger partial charge in [0.05, 0.1) is 10.7 Å². The summed E-state index contributed by atoms with van der Waals surface area (Å²) in [4.78, 5) is 2.06. The Hall–Kier alpha value is -0.530. The number of nitrogens with zero attached hydrogens (tertiary/aromatic N) is 2. The lowest BCUT2D eigenvalue weighted by Gasteiger charge is -2.21. The van der Waals surface area contributed by atoms with E-state index in [9.17, 15) is 8.42 Å². The van der Waals surface area contributed by atoms with Gasteiger partial charge in [-0.1, -0.05) is 23.2 Å². The molecule has 1 atom stereocenters. The highest BCUT2D eigenvalue weighted by molar-refractivity contribution is 7.87. The van der Waals surface area contributed by atoms with Crippen LogP contribution in [-0.2, 0) is 10.2 Å². The average Bonchev–Trinajstić information content (AvgIpc) is 2.76. The summed E-state index contributed by atoms with van der Waals surface area (Å²) in [7, 11) is -0.391. The van der Waals surface area contributed by atoms with Crippen molar-refractivity contribution in [2.24, 2.45) is 0 Å². The largest absolute Gasteiger partial charge is 0.369 e. The summed E-state index contributed by atoms with van der Waals surface area (Å²) in [5, 5.41) is 1.16. The summed E-state index contributed by atoms with van der Waals surface area (Å²) in [5.74, 6) is 0. The molecule has 1 aliphatic heterocycles. The van der Waals surface area contributed by atoms with E-state index in [1.165, 1.54) is 18.4 Å². The van der Waals surface area contributed by atoms with Crippen molar-refractivity contribution in [2.75, 3.05) is 32.1 Å². The van der Waals surface area contributed by atoms with E-state index in [-0.39, 0.29) is 6.04 Å². The Balaban J connectivity index is 2.06. The fourth-order valence-electron chi connectivity index (χ4n) is 2.13. The van der Waals surface area contributed by atoms with E-state index in [4.69, 9.17) is 23.2 Å². The number of rotatable bonds is 4. The first-order chi connectivity index (χ1) is 9.29. The van der Waals surface area contributed by atoms with Gasteiger partial charge in [0.1, 0.15) is 0 Å². The summed E-state index contributed by atoms with van der Waals surface area (Å²) in [6.07, 6.45) is 0.742. The second-order valence-corrected chi connectivity index (χ2v) is 7.69. The van der Waals surface area contributed by atoms with Gasteiger partial charge in [-0.15, -0.1) is 0 Å². The van der Waals surface area contributed by atoms with Gasteiger partial charge in [0.25, 0.3) is 10.2 Å². The lowest BCUT2D eigenvalue weighted by Crippen LogP contribution is -2.43. The van der Waals surface area contributed by atoms with Crippen molar-refractivity contribution < 1.29 is 8.42 Å². The molecule has 1 fully saturated rings. The molecule has 1 heterocycles. The van der Waals surface area contributed by atoms with Crippen molar-refractivity contribution >= 4 is 39.1 Å². The van der Waals surface area contributed by atoms with Crippen LogP contribution in [0.5, 0.6) is 0 Å². The normalized spacial score (nSPS) is 19.9. The molecule has 0 bridgehead atoms. The molecule has 1 aromatic rings. The molecule has 0 aromatic heterocycles. The molecule has 20 heavy (non-hydrogen) atoms. The van der Waals surface area contributed by atoms with Crippen LogP contribution in [0.25, 0.3) is 0 Å². The highest BCUT2D eigenvalue weighted by Gasteiger charge is 2.28. The zero-order chi connectivity index (χ0) is 14.9. The molecule has 5 nitrogen and oxygen atoms in total. The molecule has 1 aliphatic rings. The minimum atomic E-state index is -3.40. The lowest BCUT2D eigenvalue weighted by molar-refractivity contribution is 0.492. The van der Waals surface area contributed by atoms with Crippen LogP contribution in [0.4, 0.5) is 5.69 Å². The van der Waals surface area contributed by atoms with Crippen LogP contribution >= 0.6 is 23.2 Å². The van der Waals surface area contributed by atoms with Crippen LogP contribution < -0.4 is 9.62 Å². The summed E-state index contributed by atoms with van der Waals surface area (Å²) in [6.45, 7) is 1.34. The Morgan fingerprint density at radius 2 is 2.05 bits per heavy atom. The van der Waals surface area contributed by atoms with E-state index >= 15 is 0 Å². The molecule has 2 rings (SSSR count). The van der Waals surface area contributed by atoms with Gasteiger partial charge in [-0.3, -0.25) is 0 Å². The predicted molar refractivity (Wildman–Crippen MR) is 82.8 cm³/mol. The average molecular weight is 338 g/mol. The SMILES string of the molecule is CN(C)S(=O)(=O)N[C@@H]1CCN(c2ccc(Cl)cc2Cl)C1. The van der Waals surface area contributed by atoms with Crippen molar-refractivity contribution in [2.45, 2.75) is 12.5 Å². The third kappa shape index (κ3) is 3.56. The monoisotopic (exact) mass is 337 g/mol. The molecular weight excluding hydrogens is 321 g/mol. The first-order valence-electron chi connectivity index (χ1n) is 6.19. The first-order valence-corrected chi connectivity index (χ1v) is 8.39. The molecular formula is C12H17Cl2N3O2S. The van der Waals surface area contributed by atoms with E-state index in [2.05, 4.69) is 9.62 Å². The molecule has 1 saturated heterocycles. The molecule has 1 aromatic carbocycles. The van der Waals surface area contributed by atoms with Crippen LogP contribution in [0.2, 0.25) is 10.0 Å². The molecule has 0 spiro atoms. The minimum absolute atomic E-state index is 0.117. The highest BCUT2D eigenvalue weighted by atomic mass is 35.5. The second-order valence-electron chi connectivity index (χ2n) is 4.93. The highest BCUT2D eigenvalue weighted by Crippen LogP contribution is 2.31. The maximum absolute atomic E-state index is 11.8. The number of benzene rings is 1. The Labute approximate surface area is 129 Å². The molecule has 1 N–H and O–H groups in total. The molecule has 0 radical (unpaired) electrons. The van der Waals surface area contributed by atoms with Crippen molar-refractivity contribution in [3.63, 3.8) is 0 Å². The topological polar surface area (TPSA) is 52.7 Å². The van der Waals surface area contributed by atoms with Gasteiger partial charge < -0.3 is 4.90 Å². The van der Waals surface area contributed by atoms with E-state index in [1.807, 2.05) is 6.07 Å². The van der Waals surface area contributed by atoms with Crippen LogP contribution in [0, 0.1) is 0 Å². The number of anilines is 1. The van der Waals surface area contributed by atoms with E-state index < -0.39 is 10.2 Å². The van der Waals surface area contributed by atoms with Gasteiger partial charge in [-0.2, -0.15) is 17.4 Å². The van der Waals surface area contributed by atoms with E-state index in [0.29, 0.717) is 16.6 Å². The first kappa shape index (κ1) is 15.9. The van der Waals surface area contributed by atoms with Gasteiger partial charge >= 0.3 is 0 Å². The number of nitrogens with one attached hydrogen (secondary N) is 1. The second kappa shape index (κ2) is 6.07. The van der Waals surface area contributed by atoms with Crippen molar-refractivity contribution in [1.29, 1.82) is 0 Å². The van der Waals surface area contributed by atoms with Crippen LogP contribution in [0.1, 0.15) is 6.42 Å². The van der Waals surface area contributed by atoms with E-state index in [0.717, 1.165) is 18.7 Å². The van der Waals surface area contributed by atoms with Crippen LogP contribution in [-0.4, -0.2) is 45.9 Å². The number of halogens is 2. The van der Waals surface area contributed by atoms with Gasteiger partial charge in [-0.05, 0) is 24.6 Å². The smallest absolute Gasteiger partial charge is 0.279 e. The molecule has 8 heteroatoms. The Morgan fingerprint density at radius 1 is 1.35 bits per heavy atom. The van der Waals surface area contributed by atoms with E-state index in [1.54, 1.807) is 12.1 Å². The third-order valence-corrected chi connectivity index (χ3v) is 5.37. The summed E-state index contributed by atoms with van der Waals surface area (Å²) in [5.41, 5.74) is 0.877. The molecule has 0 unspecified atom stereocenters. The van der Waals surface area contributed by atoms with Crippen molar-refractivity contribution in [3.8, 4) is 0 Å². The zero-order valence-electron chi connectivity index (χ0n) is 11.3. The maximum atomic E-state index is 11.8. The number of hydrogen-bond acceptors (Lipinski definition) is 3. The Morgan fingerprint density at radius 3 is 2.65 bits per heavy atom. The third-order valence-electron chi connectivity index (χ3n) is 3.23. The molecule has 0 amide bonds. The summed E-state index contributed by atoms with van der Waals surface area (Å²) in [6, 6.07) is 5.21. The summed E-state index contributed by atoms with van der Waals surface area (Å²) < 4.78 is 27.4. The lowest BCUT2D eigenvalue weighted by atomic mass is 10.3. The predicted octanol–water partition coefficient (Wildman–Crippen LogP) is 1.97. The van der Waals surface area contributed by atoms with Gasteiger partial charge in [0.15, 0.2) is 0 Å². The maximum Gasteiger partial charge on any atom is 0.279 e. The minimum Gasteiger partial charge on any atom is -0.369 e. The van der Waals surface area contributed by atoms with Gasteiger partial charge in [-0.25, -0.2) is 0 Å². The fourth-order valence-corrected chi connectivity index (χ4v) is 3.48. The zero-order valence-corrected chi connectivity index (χ0v) is 13.6. The molecule has 112 valence electrons. The molecule has 0 aliphatic carbocycles. The number of hydrogen-bond donors (Lipinski definition) is 1. The van der Waals surface area contributed by atoms with Crippen molar-refractivity contribution in [1.82, 2.24) is 9.03 Å². The van der Waals surface area contributed by atoms with Crippen molar-refractivity contribution in [3.05, 3.63) is 28.2 Å². The quantitative estimate of drug-likeness (QED) is 0.913. The molecule has 0 saturated carbocycles. The van der Waals surface area contributed by atoms with Gasteiger partial charge in [0.2, 0.25) is 0 Å².